The molecule has 0 aromatic heterocycles. The normalized spacial score (nSPS) is 14.1. The predicted octanol–water partition coefficient (Wildman–Crippen LogP) is 7.96. The number of anilines is 3. The highest BCUT2D eigenvalue weighted by Crippen LogP contribution is 2.41. The van der Waals surface area contributed by atoms with Crippen LogP contribution in [0.15, 0.2) is 109 Å². The van der Waals surface area contributed by atoms with Crippen LogP contribution >= 0.6 is 0 Å². The Bertz CT molecular complexity index is 1450. The number of allylic oxidation sites excluding steroid dienone is 1. The Morgan fingerprint density at radius 3 is 1.92 bits per heavy atom. The fourth-order valence-electron chi connectivity index (χ4n) is 5.16. The highest BCUT2D eigenvalue weighted by Gasteiger charge is 2.44. The van der Waals surface area contributed by atoms with Gasteiger partial charge in [0, 0.05) is 34.8 Å². The van der Waals surface area contributed by atoms with E-state index in [2.05, 4.69) is 115 Å². The lowest BCUT2D eigenvalue weighted by Crippen LogP contribution is -2.27. The first-order valence-corrected chi connectivity index (χ1v) is 12.6. The van der Waals surface area contributed by atoms with Gasteiger partial charge < -0.3 is 10.0 Å². The number of para-hydroxylation sites is 2. The summed E-state index contributed by atoms with van der Waals surface area (Å²) in [5, 5.41) is 9.50. The number of nitrogens with zero attached hydrogens (tertiary/aromatic N) is 2. The molecule has 4 aromatic carbocycles. The van der Waals surface area contributed by atoms with E-state index in [-0.39, 0.29) is 5.41 Å². The van der Waals surface area contributed by atoms with Gasteiger partial charge in [-0.25, -0.2) is 4.79 Å². The molecule has 184 valence electrons. The lowest BCUT2D eigenvalue weighted by Gasteiger charge is -2.25. The number of rotatable bonds is 7. The van der Waals surface area contributed by atoms with Crippen LogP contribution in [0.2, 0.25) is 0 Å². The zero-order chi connectivity index (χ0) is 26.0. The van der Waals surface area contributed by atoms with Gasteiger partial charge in [0.1, 0.15) is 6.54 Å². The highest BCUT2D eigenvalue weighted by atomic mass is 16.4. The van der Waals surface area contributed by atoms with Crippen molar-refractivity contribution in [3.05, 3.63) is 126 Å². The number of aromatic carboxylic acids is 1. The van der Waals surface area contributed by atoms with Crippen molar-refractivity contribution in [2.24, 2.45) is 0 Å². The van der Waals surface area contributed by atoms with E-state index in [9.17, 15) is 9.90 Å². The van der Waals surface area contributed by atoms with Crippen molar-refractivity contribution in [3.8, 4) is 0 Å². The Labute approximate surface area is 218 Å². The summed E-state index contributed by atoms with van der Waals surface area (Å²) in [6.07, 6.45) is 4.31. The van der Waals surface area contributed by atoms with Gasteiger partial charge in [-0.05, 0) is 80.9 Å². The molecule has 0 radical (unpaired) electrons. The lowest BCUT2D eigenvalue weighted by atomic mass is 9.80. The molecular weight excluding hydrogens is 456 g/mol. The number of hydrogen-bond donors (Lipinski definition) is 1. The molecule has 1 N–H and O–H groups in total. The van der Waals surface area contributed by atoms with Gasteiger partial charge in [-0.15, -0.1) is 0 Å². The zero-order valence-electron chi connectivity index (χ0n) is 21.4. The molecule has 0 saturated carbocycles. The molecule has 0 atom stereocenters. The molecule has 0 aliphatic carbocycles. The molecule has 0 saturated heterocycles. The predicted molar refractivity (Wildman–Crippen MR) is 152 cm³/mol. The van der Waals surface area contributed by atoms with Crippen molar-refractivity contribution in [2.45, 2.75) is 26.2 Å². The minimum atomic E-state index is -0.897. The minimum absolute atomic E-state index is 0.301. The molecular formula is C33H31N2O2+. The van der Waals surface area contributed by atoms with E-state index in [1.165, 1.54) is 0 Å². The Kier molecular flexibility index (Phi) is 6.49. The van der Waals surface area contributed by atoms with E-state index in [4.69, 9.17) is 0 Å². The van der Waals surface area contributed by atoms with Crippen molar-refractivity contribution < 1.29 is 14.5 Å². The quantitative estimate of drug-likeness (QED) is 0.269. The van der Waals surface area contributed by atoms with Crippen LogP contribution in [0.1, 0.15) is 42.3 Å². The van der Waals surface area contributed by atoms with Crippen LogP contribution in [0.5, 0.6) is 0 Å². The van der Waals surface area contributed by atoms with E-state index >= 15 is 0 Å². The third-order valence-electron chi connectivity index (χ3n) is 7.07. The summed E-state index contributed by atoms with van der Waals surface area (Å²) in [7, 11) is 0. The van der Waals surface area contributed by atoms with Gasteiger partial charge in [0.25, 0.3) is 0 Å². The van der Waals surface area contributed by atoms with Crippen LogP contribution in [0.4, 0.5) is 22.7 Å². The summed E-state index contributed by atoms with van der Waals surface area (Å²) >= 11 is 0. The van der Waals surface area contributed by atoms with Crippen molar-refractivity contribution in [1.29, 1.82) is 0 Å². The van der Waals surface area contributed by atoms with Crippen molar-refractivity contribution in [3.63, 3.8) is 0 Å². The number of carbonyl (C=O) groups is 1. The number of hydrogen-bond acceptors (Lipinski definition) is 2. The largest absolute Gasteiger partial charge is 0.478 e. The maximum Gasteiger partial charge on any atom is 0.335 e. The molecule has 0 unspecified atom stereocenters. The van der Waals surface area contributed by atoms with Crippen molar-refractivity contribution >= 4 is 40.5 Å². The monoisotopic (exact) mass is 487 g/mol. The summed E-state index contributed by atoms with van der Waals surface area (Å²) in [4.78, 5) is 13.8. The lowest BCUT2D eigenvalue weighted by molar-refractivity contribution is -0.433. The summed E-state index contributed by atoms with van der Waals surface area (Å²) in [5.74, 6) is -0.897. The molecule has 37 heavy (non-hydrogen) atoms. The highest BCUT2D eigenvalue weighted by molar-refractivity contribution is 6.06. The average molecular weight is 488 g/mol. The summed E-state index contributed by atoms with van der Waals surface area (Å²) < 4.78 is 2.28. The number of fused-ring (bicyclic) bond motifs is 1. The molecule has 4 aromatic rings. The van der Waals surface area contributed by atoms with Crippen LogP contribution in [0.25, 0.3) is 6.08 Å². The van der Waals surface area contributed by atoms with E-state index in [0.29, 0.717) is 5.56 Å². The molecule has 5 rings (SSSR count). The van der Waals surface area contributed by atoms with Gasteiger partial charge in [0.15, 0.2) is 5.71 Å². The second-order valence-corrected chi connectivity index (χ2v) is 9.72. The van der Waals surface area contributed by atoms with Crippen LogP contribution in [-0.4, -0.2) is 27.9 Å². The molecule has 4 nitrogen and oxygen atoms in total. The number of benzene rings is 4. The molecule has 0 amide bonds. The first-order chi connectivity index (χ1) is 17.9. The smallest absolute Gasteiger partial charge is 0.335 e. The molecule has 1 heterocycles. The Balaban J connectivity index is 1.46. The average Bonchev–Trinajstić information content (AvgIpc) is 3.14. The molecule has 0 fully saturated rings. The van der Waals surface area contributed by atoms with Gasteiger partial charge in [-0.2, -0.15) is 4.58 Å². The zero-order valence-corrected chi connectivity index (χ0v) is 21.4. The molecule has 0 bridgehead atoms. The molecule has 1 aliphatic rings. The third-order valence-corrected chi connectivity index (χ3v) is 7.07. The molecule has 0 spiro atoms. The second kappa shape index (κ2) is 9.90. The summed E-state index contributed by atoms with van der Waals surface area (Å²) in [5.41, 5.74) is 7.72. The SMILES string of the molecule is CC[N+]1=C(C=Cc2ccc(N(c3ccccc3)c3ccccc3)cc2)C(C)(C)c2cc(C(=O)O)ccc21. The van der Waals surface area contributed by atoms with Gasteiger partial charge in [0.2, 0.25) is 5.69 Å². The Morgan fingerprint density at radius 1 is 0.811 bits per heavy atom. The third kappa shape index (κ3) is 4.58. The Hall–Kier alpha value is -4.44. The number of carboxylic acid groups (broad SMARTS) is 1. The van der Waals surface area contributed by atoms with Gasteiger partial charge in [-0.1, -0.05) is 48.5 Å². The Morgan fingerprint density at radius 2 is 1.38 bits per heavy atom. The van der Waals surface area contributed by atoms with Gasteiger partial charge >= 0.3 is 5.97 Å². The van der Waals surface area contributed by atoms with Crippen LogP contribution in [0, 0.1) is 0 Å². The van der Waals surface area contributed by atoms with Crippen LogP contribution in [-0.2, 0) is 5.41 Å². The fourth-order valence-corrected chi connectivity index (χ4v) is 5.16. The summed E-state index contributed by atoms with van der Waals surface area (Å²) in [6.45, 7) is 7.26. The fraction of sp³-hybridized carbons (Fsp3) is 0.152. The standard InChI is InChI=1S/C33H30N2O2/c1-4-34-30-21-18-25(32(36)37)23-29(30)33(2,3)31(34)22-17-24-15-19-28(20-16-24)35(26-11-7-5-8-12-26)27-13-9-6-10-14-27/h5-23H,4H2,1-3H3/p+1. The van der Waals surface area contributed by atoms with Crippen LogP contribution < -0.4 is 4.90 Å². The first kappa shape index (κ1) is 24.3. The number of carboxylic acids is 1. The maximum atomic E-state index is 11.6. The molecule has 1 aliphatic heterocycles. The minimum Gasteiger partial charge on any atom is -0.478 e. The molecule has 4 heteroatoms. The van der Waals surface area contributed by atoms with Gasteiger partial charge in [-0.3, -0.25) is 0 Å². The van der Waals surface area contributed by atoms with Gasteiger partial charge in [0.05, 0.1) is 11.0 Å². The van der Waals surface area contributed by atoms with Crippen molar-refractivity contribution in [1.82, 2.24) is 0 Å². The summed E-state index contributed by atoms with van der Waals surface area (Å²) in [6, 6.07) is 34.8. The van der Waals surface area contributed by atoms with E-state index < -0.39 is 5.97 Å². The van der Waals surface area contributed by atoms with Crippen LogP contribution in [0.3, 0.4) is 0 Å². The second-order valence-electron chi connectivity index (χ2n) is 9.72. The van der Waals surface area contributed by atoms with E-state index in [0.717, 1.165) is 46.1 Å². The maximum absolute atomic E-state index is 11.6. The van der Waals surface area contributed by atoms with E-state index in [1.807, 2.05) is 24.3 Å². The first-order valence-electron chi connectivity index (χ1n) is 12.6. The van der Waals surface area contributed by atoms with Crippen molar-refractivity contribution in [2.75, 3.05) is 11.4 Å². The van der Waals surface area contributed by atoms with E-state index in [1.54, 1.807) is 6.07 Å². The topological polar surface area (TPSA) is 43.5 Å².